The van der Waals surface area contributed by atoms with Gasteiger partial charge in [0.25, 0.3) is 0 Å². The van der Waals surface area contributed by atoms with Crippen LogP contribution in [0.15, 0.2) is 35.5 Å². The summed E-state index contributed by atoms with van der Waals surface area (Å²) in [5, 5.41) is 0.873. The van der Waals surface area contributed by atoms with Gasteiger partial charge in [0.05, 0.1) is 23.7 Å². The van der Waals surface area contributed by atoms with Crippen molar-refractivity contribution < 1.29 is 9.53 Å². The Morgan fingerprint density at radius 1 is 1.30 bits per heavy atom. The van der Waals surface area contributed by atoms with Crippen LogP contribution < -0.4 is 0 Å². The van der Waals surface area contributed by atoms with E-state index in [1.54, 1.807) is 11.8 Å². The van der Waals surface area contributed by atoms with Gasteiger partial charge >= 0.3 is 0 Å². The lowest BCUT2D eigenvalue weighted by Gasteiger charge is -2.15. The highest BCUT2D eigenvalue weighted by atomic mass is 32.2. The first kappa shape index (κ1) is 18.3. The minimum atomic E-state index is 0.125. The summed E-state index contributed by atoms with van der Waals surface area (Å²) < 4.78 is 10.0. The second-order valence-corrected chi connectivity index (χ2v) is 7.90. The van der Waals surface area contributed by atoms with Gasteiger partial charge in [0, 0.05) is 30.1 Å². The molecule has 0 saturated carbocycles. The molecule has 0 amide bonds. The summed E-state index contributed by atoms with van der Waals surface area (Å²) in [4.78, 5) is 17.8. The smallest absolute Gasteiger partial charge is 0.184 e. The number of rotatable bonds is 6. The van der Waals surface area contributed by atoms with Gasteiger partial charge < -0.3 is 13.9 Å². The highest BCUT2D eigenvalue weighted by Crippen LogP contribution is 2.25. The number of ether oxygens (including phenoxy) is 1. The first-order valence-corrected chi connectivity index (χ1v) is 10.6. The molecular weight excluding hydrogens is 358 g/mol. The monoisotopic (exact) mass is 383 g/mol. The average Bonchev–Trinajstić information content (AvgIpc) is 3.37. The van der Waals surface area contributed by atoms with Crippen molar-refractivity contribution in [2.45, 2.75) is 51.0 Å². The number of ketones is 1. The van der Waals surface area contributed by atoms with Crippen LogP contribution in [0.25, 0.3) is 11.0 Å². The Morgan fingerprint density at radius 3 is 2.85 bits per heavy atom. The summed E-state index contributed by atoms with van der Waals surface area (Å²) in [6, 6.07) is 10.00. The molecule has 5 nitrogen and oxygen atoms in total. The number of benzene rings is 1. The standard InChI is InChI=1S/C21H25N3O2S/c1-14-11-17(15(2)23(14)12-16-7-6-10-26-16)20(25)13-24-19-9-5-4-8-18(19)22-21(24)27-3/h4-5,8-9,11,16H,6-7,10,12-13H2,1-3H3. The minimum absolute atomic E-state index is 0.125. The second kappa shape index (κ2) is 7.52. The van der Waals surface area contributed by atoms with Gasteiger partial charge in [-0.3, -0.25) is 4.79 Å². The van der Waals surface area contributed by atoms with Gasteiger partial charge in [-0.15, -0.1) is 0 Å². The molecule has 1 saturated heterocycles. The zero-order valence-corrected chi connectivity index (χ0v) is 16.9. The molecule has 2 aromatic heterocycles. The van der Waals surface area contributed by atoms with Gasteiger partial charge in [-0.1, -0.05) is 23.9 Å². The molecule has 3 heterocycles. The number of aryl methyl sites for hydroxylation is 1. The summed E-state index contributed by atoms with van der Waals surface area (Å²) in [5.74, 6) is 0.125. The third kappa shape index (κ3) is 3.44. The van der Waals surface area contributed by atoms with Crippen molar-refractivity contribution in [2.24, 2.45) is 0 Å². The number of imidazole rings is 1. The number of carbonyl (C=O) groups is 1. The average molecular weight is 384 g/mol. The largest absolute Gasteiger partial charge is 0.376 e. The fourth-order valence-corrected chi connectivity index (χ4v) is 4.52. The van der Waals surface area contributed by atoms with Gasteiger partial charge in [0.15, 0.2) is 10.9 Å². The first-order chi connectivity index (χ1) is 13.1. The molecule has 1 aliphatic heterocycles. The molecule has 1 atom stereocenters. The number of Topliss-reactive ketones (excluding diaryl/α,β-unsaturated/α-hetero) is 1. The molecule has 6 heteroatoms. The molecule has 142 valence electrons. The van der Waals surface area contributed by atoms with Crippen molar-refractivity contribution in [1.82, 2.24) is 14.1 Å². The van der Waals surface area contributed by atoms with Crippen LogP contribution in [0.1, 0.15) is 34.6 Å². The molecule has 0 spiro atoms. The Labute approximate surface area is 163 Å². The van der Waals surface area contributed by atoms with Crippen LogP contribution in [0.3, 0.4) is 0 Å². The normalized spacial score (nSPS) is 17.1. The fraction of sp³-hybridized carbons (Fsp3) is 0.429. The van der Waals surface area contributed by atoms with E-state index in [0.29, 0.717) is 6.54 Å². The molecule has 27 heavy (non-hydrogen) atoms. The summed E-state index contributed by atoms with van der Waals surface area (Å²) in [6.45, 7) is 6.09. The maximum atomic E-state index is 13.1. The number of carbonyl (C=O) groups excluding carboxylic acids is 1. The van der Waals surface area contributed by atoms with E-state index in [9.17, 15) is 4.79 Å². The van der Waals surface area contributed by atoms with Gasteiger partial charge in [0.2, 0.25) is 0 Å². The molecule has 0 radical (unpaired) electrons. The van der Waals surface area contributed by atoms with Crippen molar-refractivity contribution in [3.63, 3.8) is 0 Å². The number of fused-ring (bicyclic) bond motifs is 1. The van der Waals surface area contributed by atoms with Crippen LogP contribution in [0.4, 0.5) is 0 Å². The van der Waals surface area contributed by atoms with Crippen LogP contribution in [0, 0.1) is 13.8 Å². The lowest BCUT2D eigenvalue weighted by Crippen LogP contribution is -2.18. The molecule has 4 rings (SSSR count). The Hall–Kier alpha value is -2.05. The summed E-state index contributed by atoms with van der Waals surface area (Å²) in [6.07, 6.45) is 4.48. The number of hydrogen-bond donors (Lipinski definition) is 0. The van der Waals surface area contributed by atoms with Crippen LogP contribution >= 0.6 is 11.8 Å². The van der Waals surface area contributed by atoms with E-state index in [1.807, 2.05) is 48.1 Å². The zero-order valence-electron chi connectivity index (χ0n) is 16.1. The van der Waals surface area contributed by atoms with Crippen molar-refractivity contribution in [1.29, 1.82) is 0 Å². The molecule has 1 fully saturated rings. The van der Waals surface area contributed by atoms with E-state index in [2.05, 4.69) is 16.5 Å². The summed E-state index contributed by atoms with van der Waals surface area (Å²) >= 11 is 1.57. The zero-order chi connectivity index (χ0) is 19.0. The molecule has 0 bridgehead atoms. The van der Waals surface area contributed by atoms with Crippen molar-refractivity contribution in [3.05, 3.63) is 47.3 Å². The Bertz CT molecular complexity index is 983. The topological polar surface area (TPSA) is 49.0 Å². The summed E-state index contributed by atoms with van der Waals surface area (Å²) in [5.41, 5.74) is 4.88. The van der Waals surface area contributed by atoms with E-state index >= 15 is 0 Å². The highest BCUT2D eigenvalue weighted by Gasteiger charge is 2.22. The molecule has 3 aromatic rings. The number of hydrogen-bond acceptors (Lipinski definition) is 4. The Kier molecular flexibility index (Phi) is 5.10. The predicted octanol–water partition coefficient (Wildman–Crippen LogP) is 4.24. The molecule has 1 unspecified atom stereocenters. The van der Waals surface area contributed by atoms with E-state index in [-0.39, 0.29) is 11.9 Å². The minimum Gasteiger partial charge on any atom is -0.376 e. The van der Waals surface area contributed by atoms with Crippen molar-refractivity contribution in [2.75, 3.05) is 12.9 Å². The SMILES string of the molecule is CSc1nc2ccccc2n1CC(=O)c1cc(C)n(CC2CCCO2)c1C. The van der Waals surface area contributed by atoms with Gasteiger partial charge in [-0.2, -0.15) is 0 Å². The molecule has 1 aromatic carbocycles. The van der Waals surface area contributed by atoms with Crippen LogP contribution in [0.2, 0.25) is 0 Å². The third-order valence-corrected chi connectivity index (χ3v) is 6.06. The predicted molar refractivity (Wildman–Crippen MR) is 109 cm³/mol. The van der Waals surface area contributed by atoms with Crippen molar-refractivity contribution >= 4 is 28.6 Å². The molecule has 0 N–H and O–H groups in total. The van der Waals surface area contributed by atoms with E-state index < -0.39 is 0 Å². The molecule has 1 aliphatic rings. The quantitative estimate of drug-likeness (QED) is 0.472. The fourth-order valence-electron chi connectivity index (χ4n) is 3.95. The van der Waals surface area contributed by atoms with Crippen molar-refractivity contribution in [3.8, 4) is 0 Å². The molecule has 0 aliphatic carbocycles. The maximum absolute atomic E-state index is 13.1. The third-order valence-electron chi connectivity index (χ3n) is 5.39. The number of aromatic nitrogens is 3. The Morgan fingerprint density at radius 2 is 2.11 bits per heavy atom. The van der Waals surface area contributed by atoms with E-state index in [0.717, 1.165) is 59.1 Å². The number of thioether (sulfide) groups is 1. The first-order valence-electron chi connectivity index (χ1n) is 9.39. The van der Waals surface area contributed by atoms with Gasteiger partial charge in [-0.25, -0.2) is 4.98 Å². The highest BCUT2D eigenvalue weighted by molar-refractivity contribution is 7.98. The van der Waals surface area contributed by atoms with Gasteiger partial charge in [-0.05, 0) is 51.1 Å². The van der Waals surface area contributed by atoms with Crippen LogP contribution in [-0.4, -0.2) is 38.9 Å². The number of nitrogens with zero attached hydrogens (tertiary/aromatic N) is 3. The lowest BCUT2D eigenvalue weighted by molar-refractivity contribution is 0.0948. The van der Waals surface area contributed by atoms with Gasteiger partial charge in [0.1, 0.15) is 0 Å². The van der Waals surface area contributed by atoms with E-state index in [4.69, 9.17) is 4.74 Å². The van der Waals surface area contributed by atoms with Crippen LogP contribution in [-0.2, 0) is 17.8 Å². The Balaban J connectivity index is 1.62. The lowest BCUT2D eigenvalue weighted by atomic mass is 10.1. The summed E-state index contributed by atoms with van der Waals surface area (Å²) in [7, 11) is 0. The van der Waals surface area contributed by atoms with E-state index in [1.165, 1.54) is 0 Å². The van der Waals surface area contributed by atoms with Crippen LogP contribution in [0.5, 0.6) is 0 Å². The maximum Gasteiger partial charge on any atom is 0.184 e. The second-order valence-electron chi connectivity index (χ2n) is 7.13. The number of para-hydroxylation sites is 2. The molecular formula is C21H25N3O2S.